The molecule has 2 aromatic rings. The van der Waals surface area contributed by atoms with Crippen LogP contribution in [0.5, 0.6) is 0 Å². The molecule has 1 saturated heterocycles. The fraction of sp³-hybridized carbons (Fsp3) is 0.417. The molecule has 0 aliphatic carbocycles. The second-order valence-corrected chi connectivity index (χ2v) is 5.08. The number of halogens is 1. The third-order valence-electron chi connectivity index (χ3n) is 3.17. The standard InChI is InChI=1S/C12H14FN5O/c1-12(6-19-7-12)5-14-11-4-9(2-3-10(11)13)18-8-15-16-17-18/h2-4,8,14H,5-7H2,1H3. The van der Waals surface area contributed by atoms with Crippen LogP contribution in [0.1, 0.15) is 6.92 Å². The van der Waals surface area contributed by atoms with Crippen LogP contribution in [0.15, 0.2) is 24.5 Å². The van der Waals surface area contributed by atoms with Crippen molar-refractivity contribution < 1.29 is 9.13 Å². The molecule has 0 spiro atoms. The Morgan fingerprint density at radius 3 is 2.95 bits per heavy atom. The molecule has 7 heteroatoms. The number of anilines is 1. The van der Waals surface area contributed by atoms with Crippen LogP contribution in [0.25, 0.3) is 5.69 Å². The number of benzene rings is 1. The number of hydrogen-bond donors (Lipinski definition) is 1. The Balaban J connectivity index is 1.78. The minimum absolute atomic E-state index is 0.0806. The van der Waals surface area contributed by atoms with Crippen molar-refractivity contribution in [3.63, 3.8) is 0 Å². The lowest BCUT2D eigenvalue weighted by atomic mass is 9.88. The van der Waals surface area contributed by atoms with Crippen LogP contribution in [0, 0.1) is 11.2 Å². The number of hydrogen-bond acceptors (Lipinski definition) is 5. The van der Waals surface area contributed by atoms with Gasteiger partial charge in [0, 0.05) is 12.0 Å². The number of nitrogens with one attached hydrogen (secondary N) is 1. The van der Waals surface area contributed by atoms with Gasteiger partial charge in [0.25, 0.3) is 0 Å². The van der Waals surface area contributed by atoms with E-state index in [0.717, 1.165) is 0 Å². The van der Waals surface area contributed by atoms with Crippen molar-refractivity contribution in [2.45, 2.75) is 6.92 Å². The summed E-state index contributed by atoms with van der Waals surface area (Å²) in [6.45, 7) is 4.18. The number of tetrazole rings is 1. The van der Waals surface area contributed by atoms with Crippen molar-refractivity contribution in [3.05, 3.63) is 30.3 Å². The van der Waals surface area contributed by atoms with Crippen LogP contribution in [0.3, 0.4) is 0 Å². The number of ether oxygens (including phenoxy) is 1. The average Bonchev–Trinajstić information content (AvgIpc) is 2.89. The molecule has 0 bridgehead atoms. The van der Waals surface area contributed by atoms with Gasteiger partial charge in [0.15, 0.2) is 0 Å². The Morgan fingerprint density at radius 2 is 2.32 bits per heavy atom. The third kappa shape index (κ3) is 2.41. The van der Waals surface area contributed by atoms with Gasteiger partial charge < -0.3 is 10.1 Å². The Labute approximate surface area is 109 Å². The topological polar surface area (TPSA) is 64.9 Å². The Hall–Kier alpha value is -2.02. The molecule has 1 aromatic carbocycles. The van der Waals surface area contributed by atoms with E-state index in [-0.39, 0.29) is 11.2 Å². The van der Waals surface area contributed by atoms with E-state index in [0.29, 0.717) is 31.1 Å². The van der Waals surface area contributed by atoms with Crippen LogP contribution in [0.4, 0.5) is 10.1 Å². The number of nitrogens with zero attached hydrogens (tertiary/aromatic N) is 4. The molecule has 100 valence electrons. The third-order valence-corrected chi connectivity index (χ3v) is 3.17. The van der Waals surface area contributed by atoms with Gasteiger partial charge >= 0.3 is 0 Å². The first kappa shape index (κ1) is 12.0. The van der Waals surface area contributed by atoms with Gasteiger partial charge in [-0.25, -0.2) is 9.07 Å². The molecular weight excluding hydrogens is 249 g/mol. The summed E-state index contributed by atoms with van der Waals surface area (Å²) >= 11 is 0. The van der Waals surface area contributed by atoms with E-state index in [4.69, 9.17) is 4.74 Å². The zero-order chi connectivity index (χ0) is 13.3. The van der Waals surface area contributed by atoms with Gasteiger partial charge in [-0.2, -0.15) is 0 Å². The molecule has 1 aromatic heterocycles. The molecule has 1 N–H and O–H groups in total. The van der Waals surface area contributed by atoms with Gasteiger partial charge in [0.05, 0.1) is 24.6 Å². The summed E-state index contributed by atoms with van der Waals surface area (Å²) in [4.78, 5) is 0. The first-order valence-electron chi connectivity index (χ1n) is 6.01. The quantitative estimate of drug-likeness (QED) is 0.899. The lowest BCUT2D eigenvalue weighted by molar-refractivity contribution is -0.0924. The van der Waals surface area contributed by atoms with E-state index in [1.54, 1.807) is 12.1 Å². The SMILES string of the molecule is CC1(CNc2cc(-n3cnnn3)ccc2F)COC1. The van der Waals surface area contributed by atoms with Gasteiger partial charge in [-0.3, -0.25) is 0 Å². The van der Waals surface area contributed by atoms with Crippen LogP contribution in [-0.4, -0.2) is 40.0 Å². The van der Waals surface area contributed by atoms with Crippen LogP contribution in [0.2, 0.25) is 0 Å². The summed E-state index contributed by atoms with van der Waals surface area (Å²) in [5.74, 6) is -0.291. The molecule has 0 amide bonds. The van der Waals surface area contributed by atoms with E-state index in [1.165, 1.54) is 17.1 Å². The van der Waals surface area contributed by atoms with Crippen molar-refractivity contribution in [3.8, 4) is 5.69 Å². The minimum atomic E-state index is -0.291. The first-order chi connectivity index (χ1) is 9.16. The molecule has 0 saturated carbocycles. The highest BCUT2D eigenvalue weighted by Crippen LogP contribution is 2.27. The molecule has 3 rings (SSSR count). The first-order valence-corrected chi connectivity index (χ1v) is 6.01. The predicted octanol–water partition coefficient (Wildman–Crippen LogP) is 1.25. The van der Waals surface area contributed by atoms with Crippen molar-refractivity contribution in [1.29, 1.82) is 0 Å². The summed E-state index contributed by atoms with van der Waals surface area (Å²) in [6.07, 6.45) is 1.47. The van der Waals surface area contributed by atoms with Crippen molar-refractivity contribution in [1.82, 2.24) is 20.2 Å². The Kier molecular flexibility index (Phi) is 2.90. The largest absolute Gasteiger partial charge is 0.382 e. The lowest BCUT2D eigenvalue weighted by Gasteiger charge is -2.38. The minimum Gasteiger partial charge on any atom is -0.382 e. The smallest absolute Gasteiger partial charge is 0.146 e. The molecule has 2 heterocycles. The van der Waals surface area contributed by atoms with Crippen LogP contribution >= 0.6 is 0 Å². The van der Waals surface area contributed by atoms with E-state index < -0.39 is 0 Å². The lowest BCUT2D eigenvalue weighted by Crippen LogP contribution is -2.45. The van der Waals surface area contributed by atoms with E-state index >= 15 is 0 Å². The monoisotopic (exact) mass is 263 g/mol. The zero-order valence-corrected chi connectivity index (χ0v) is 10.5. The summed E-state index contributed by atoms with van der Waals surface area (Å²) in [5.41, 5.74) is 1.24. The zero-order valence-electron chi connectivity index (χ0n) is 10.5. The molecule has 1 fully saturated rings. The van der Waals surface area contributed by atoms with Gasteiger partial charge in [-0.15, -0.1) is 5.10 Å². The van der Waals surface area contributed by atoms with Crippen molar-refractivity contribution in [2.24, 2.45) is 5.41 Å². The van der Waals surface area contributed by atoms with E-state index in [1.807, 2.05) is 0 Å². The molecule has 0 atom stereocenters. The number of rotatable bonds is 4. The second kappa shape index (κ2) is 4.58. The number of aromatic nitrogens is 4. The van der Waals surface area contributed by atoms with Gasteiger partial charge in [-0.05, 0) is 28.6 Å². The van der Waals surface area contributed by atoms with Crippen LogP contribution in [-0.2, 0) is 4.74 Å². The highest BCUT2D eigenvalue weighted by molar-refractivity contribution is 5.52. The van der Waals surface area contributed by atoms with Gasteiger partial charge in [0.2, 0.25) is 0 Å². The summed E-state index contributed by atoms with van der Waals surface area (Å²) in [7, 11) is 0. The molecule has 6 nitrogen and oxygen atoms in total. The maximum absolute atomic E-state index is 13.8. The second-order valence-electron chi connectivity index (χ2n) is 5.08. The molecule has 0 unspecified atom stereocenters. The summed E-state index contributed by atoms with van der Waals surface area (Å²) in [6, 6.07) is 4.72. The molecular formula is C12H14FN5O. The average molecular weight is 263 g/mol. The Bertz CT molecular complexity index is 568. The predicted molar refractivity (Wildman–Crippen MR) is 66.5 cm³/mol. The highest BCUT2D eigenvalue weighted by atomic mass is 19.1. The van der Waals surface area contributed by atoms with Gasteiger partial charge in [0.1, 0.15) is 12.1 Å². The maximum Gasteiger partial charge on any atom is 0.146 e. The Morgan fingerprint density at radius 1 is 1.47 bits per heavy atom. The molecule has 1 aliphatic rings. The van der Waals surface area contributed by atoms with Gasteiger partial charge in [-0.1, -0.05) is 6.92 Å². The maximum atomic E-state index is 13.8. The summed E-state index contributed by atoms with van der Waals surface area (Å²) < 4.78 is 20.4. The fourth-order valence-corrected chi connectivity index (χ4v) is 1.93. The van der Waals surface area contributed by atoms with E-state index in [9.17, 15) is 4.39 Å². The highest BCUT2D eigenvalue weighted by Gasteiger charge is 2.33. The normalized spacial score (nSPS) is 16.9. The van der Waals surface area contributed by atoms with E-state index in [2.05, 4.69) is 27.8 Å². The molecule has 0 radical (unpaired) electrons. The molecule has 19 heavy (non-hydrogen) atoms. The van der Waals surface area contributed by atoms with Crippen LogP contribution < -0.4 is 5.32 Å². The summed E-state index contributed by atoms with van der Waals surface area (Å²) in [5, 5.41) is 14.0. The fourth-order valence-electron chi connectivity index (χ4n) is 1.93. The molecule has 1 aliphatic heterocycles. The van der Waals surface area contributed by atoms with Crippen molar-refractivity contribution in [2.75, 3.05) is 25.1 Å². The van der Waals surface area contributed by atoms with Crippen molar-refractivity contribution >= 4 is 5.69 Å².